The first kappa shape index (κ1) is 13.9. The fourth-order valence-electron chi connectivity index (χ4n) is 1.80. The summed E-state index contributed by atoms with van der Waals surface area (Å²) < 4.78 is 1.54. The molecule has 0 saturated heterocycles. The lowest BCUT2D eigenvalue weighted by Crippen LogP contribution is -2.24. The van der Waals surface area contributed by atoms with E-state index in [2.05, 4.69) is 10.6 Å². The van der Waals surface area contributed by atoms with E-state index in [-0.39, 0.29) is 18.0 Å². The van der Waals surface area contributed by atoms with Crippen molar-refractivity contribution >= 4 is 17.3 Å². The van der Waals surface area contributed by atoms with E-state index in [1.54, 1.807) is 16.8 Å². The molecule has 5 nitrogen and oxygen atoms in total. The fourth-order valence-corrected chi connectivity index (χ4v) is 1.80. The summed E-state index contributed by atoms with van der Waals surface area (Å²) in [5.74, 6) is -0.157. The first-order chi connectivity index (χ1) is 9.69. The van der Waals surface area contributed by atoms with Gasteiger partial charge in [0, 0.05) is 24.5 Å². The highest BCUT2D eigenvalue weighted by molar-refractivity contribution is 5.93. The predicted octanol–water partition coefficient (Wildman–Crippen LogP) is 1.92. The number of rotatable bonds is 5. The average molecular weight is 271 g/mol. The van der Waals surface area contributed by atoms with Crippen LogP contribution in [0.1, 0.15) is 6.92 Å². The number of aromatic nitrogens is 1. The molecule has 0 aliphatic carbocycles. The molecule has 0 spiro atoms. The van der Waals surface area contributed by atoms with E-state index in [0.717, 1.165) is 5.69 Å². The summed E-state index contributed by atoms with van der Waals surface area (Å²) in [5, 5.41) is 5.78. The molecule has 0 atom stereocenters. The number of hydrogen-bond acceptors (Lipinski definition) is 3. The molecule has 0 bridgehead atoms. The molecule has 0 fully saturated rings. The van der Waals surface area contributed by atoms with Gasteiger partial charge in [-0.2, -0.15) is 0 Å². The molecular formula is C15H17N3O2. The van der Waals surface area contributed by atoms with Crippen molar-refractivity contribution in [2.24, 2.45) is 0 Å². The molecule has 0 unspecified atom stereocenters. The highest BCUT2D eigenvalue weighted by atomic mass is 16.2. The van der Waals surface area contributed by atoms with E-state index < -0.39 is 0 Å². The number of carbonyl (C=O) groups is 1. The van der Waals surface area contributed by atoms with Crippen molar-refractivity contribution in [3.63, 3.8) is 0 Å². The summed E-state index contributed by atoms with van der Waals surface area (Å²) in [6.07, 6.45) is 1.64. The topological polar surface area (TPSA) is 63.1 Å². The van der Waals surface area contributed by atoms with Gasteiger partial charge in [-0.05, 0) is 25.1 Å². The fraction of sp³-hybridized carbons (Fsp3) is 0.200. The van der Waals surface area contributed by atoms with Crippen LogP contribution in [0.5, 0.6) is 0 Å². The molecule has 2 N–H and O–H groups in total. The second kappa shape index (κ2) is 6.56. The molecule has 0 aliphatic heterocycles. The second-order valence-corrected chi connectivity index (χ2v) is 4.31. The Hall–Kier alpha value is -2.56. The minimum atomic E-state index is -0.157. The van der Waals surface area contributed by atoms with Crippen molar-refractivity contribution in [3.05, 3.63) is 59.0 Å². The van der Waals surface area contributed by atoms with Crippen LogP contribution in [-0.4, -0.2) is 17.0 Å². The van der Waals surface area contributed by atoms with Gasteiger partial charge in [0.2, 0.25) is 5.91 Å². The number of anilines is 2. The van der Waals surface area contributed by atoms with Crippen molar-refractivity contribution in [2.75, 3.05) is 17.2 Å². The van der Waals surface area contributed by atoms with Crippen LogP contribution in [0, 0.1) is 0 Å². The zero-order valence-corrected chi connectivity index (χ0v) is 11.3. The van der Waals surface area contributed by atoms with E-state index in [9.17, 15) is 9.59 Å². The van der Waals surface area contributed by atoms with E-state index in [0.29, 0.717) is 12.2 Å². The lowest BCUT2D eigenvalue weighted by Gasteiger charge is -2.09. The molecule has 0 radical (unpaired) electrons. The summed E-state index contributed by atoms with van der Waals surface area (Å²) in [6.45, 7) is 2.63. The smallest absolute Gasteiger partial charge is 0.250 e. The maximum absolute atomic E-state index is 11.8. The van der Waals surface area contributed by atoms with Crippen LogP contribution in [0.4, 0.5) is 11.4 Å². The highest BCUT2D eigenvalue weighted by Gasteiger charge is 2.03. The zero-order chi connectivity index (χ0) is 14.4. The molecular weight excluding hydrogens is 254 g/mol. The number of amides is 1. The van der Waals surface area contributed by atoms with Crippen LogP contribution in [0.3, 0.4) is 0 Å². The van der Waals surface area contributed by atoms with Gasteiger partial charge >= 0.3 is 0 Å². The van der Waals surface area contributed by atoms with Gasteiger partial charge in [0.15, 0.2) is 0 Å². The maximum Gasteiger partial charge on any atom is 0.250 e. The van der Waals surface area contributed by atoms with Crippen LogP contribution in [0.25, 0.3) is 0 Å². The summed E-state index contributed by atoms with van der Waals surface area (Å²) in [7, 11) is 0. The Labute approximate surface area is 117 Å². The zero-order valence-electron chi connectivity index (χ0n) is 11.3. The summed E-state index contributed by atoms with van der Waals surface area (Å²) >= 11 is 0. The van der Waals surface area contributed by atoms with Gasteiger partial charge in [0.1, 0.15) is 0 Å². The standard InChI is InChI=1S/C15H17N3O2/c1-2-18-11-13(8-9-15(18)20)17-14(19)10-16-12-6-4-3-5-7-12/h3-9,11,16H,2,10H2,1H3,(H,17,19). The normalized spacial score (nSPS) is 10.1. The highest BCUT2D eigenvalue weighted by Crippen LogP contribution is 2.06. The largest absolute Gasteiger partial charge is 0.376 e. The quantitative estimate of drug-likeness (QED) is 0.873. The third-order valence-corrected chi connectivity index (χ3v) is 2.83. The summed E-state index contributed by atoms with van der Waals surface area (Å²) in [6, 6.07) is 12.6. The SMILES string of the molecule is CCn1cc(NC(=O)CNc2ccccc2)ccc1=O. The number of nitrogens with zero attached hydrogens (tertiary/aromatic N) is 1. The molecule has 1 heterocycles. The monoisotopic (exact) mass is 271 g/mol. The van der Waals surface area contributed by atoms with Gasteiger partial charge in [-0.1, -0.05) is 18.2 Å². The molecule has 20 heavy (non-hydrogen) atoms. The van der Waals surface area contributed by atoms with Crippen LogP contribution in [0.2, 0.25) is 0 Å². The van der Waals surface area contributed by atoms with Crippen LogP contribution in [-0.2, 0) is 11.3 Å². The Morgan fingerprint density at radius 3 is 2.55 bits per heavy atom. The number of carbonyl (C=O) groups excluding carboxylic acids is 1. The lowest BCUT2D eigenvalue weighted by atomic mass is 10.3. The van der Waals surface area contributed by atoms with Gasteiger partial charge in [-0.3, -0.25) is 9.59 Å². The summed E-state index contributed by atoms with van der Waals surface area (Å²) in [5.41, 5.74) is 1.43. The molecule has 1 aromatic heterocycles. The molecule has 1 amide bonds. The third kappa shape index (κ3) is 3.71. The van der Waals surface area contributed by atoms with Crippen molar-refractivity contribution in [2.45, 2.75) is 13.5 Å². The number of benzene rings is 1. The molecule has 2 rings (SSSR count). The van der Waals surface area contributed by atoms with Crippen molar-refractivity contribution in [3.8, 4) is 0 Å². The second-order valence-electron chi connectivity index (χ2n) is 4.31. The third-order valence-electron chi connectivity index (χ3n) is 2.83. The Balaban J connectivity index is 1.93. The Kier molecular flexibility index (Phi) is 4.55. The average Bonchev–Trinajstić information content (AvgIpc) is 2.48. The van der Waals surface area contributed by atoms with E-state index in [1.807, 2.05) is 37.3 Å². The van der Waals surface area contributed by atoms with Gasteiger partial charge < -0.3 is 15.2 Å². The first-order valence-corrected chi connectivity index (χ1v) is 6.48. The van der Waals surface area contributed by atoms with E-state index >= 15 is 0 Å². The number of aryl methyl sites for hydroxylation is 1. The molecule has 1 aromatic carbocycles. The molecule has 5 heteroatoms. The lowest BCUT2D eigenvalue weighted by molar-refractivity contribution is -0.114. The van der Waals surface area contributed by atoms with Gasteiger partial charge in [-0.25, -0.2) is 0 Å². The number of para-hydroxylation sites is 1. The molecule has 2 aromatic rings. The number of hydrogen-bond donors (Lipinski definition) is 2. The van der Waals surface area contributed by atoms with Gasteiger partial charge in [-0.15, -0.1) is 0 Å². The van der Waals surface area contributed by atoms with E-state index in [1.165, 1.54) is 6.07 Å². The Morgan fingerprint density at radius 1 is 1.10 bits per heavy atom. The van der Waals surface area contributed by atoms with Crippen molar-refractivity contribution < 1.29 is 4.79 Å². The maximum atomic E-state index is 11.8. The Morgan fingerprint density at radius 2 is 1.85 bits per heavy atom. The van der Waals surface area contributed by atoms with Crippen molar-refractivity contribution in [1.29, 1.82) is 0 Å². The Bertz CT molecular complexity index is 635. The van der Waals surface area contributed by atoms with Crippen LogP contribution < -0.4 is 16.2 Å². The minimum absolute atomic E-state index is 0.0760. The van der Waals surface area contributed by atoms with E-state index in [4.69, 9.17) is 0 Å². The van der Waals surface area contributed by atoms with Crippen LogP contribution >= 0.6 is 0 Å². The van der Waals surface area contributed by atoms with Gasteiger partial charge in [0.05, 0.1) is 12.2 Å². The predicted molar refractivity (Wildman–Crippen MR) is 79.9 cm³/mol. The number of pyridine rings is 1. The molecule has 104 valence electrons. The molecule has 0 aliphatic rings. The van der Waals surface area contributed by atoms with Gasteiger partial charge in [0.25, 0.3) is 5.56 Å². The summed E-state index contributed by atoms with van der Waals surface area (Å²) in [4.78, 5) is 23.2. The van der Waals surface area contributed by atoms with Crippen molar-refractivity contribution in [1.82, 2.24) is 4.57 Å². The first-order valence-electron chi connectivity index (χ1n) is 6.48. The van der Waals surface area contributed by atoms with Crippen LogP contribution in [0.15, 0.2) is 53.5 Å². The molecule has 0 saturated carbocycles. The minimum Gasteiger partial charge on any atom is -0.376 e. The number of nitrogens with one attached hydrogen (secondary N) is 2.